The summed E-state index contributed by atoms with van der Waals surface area (Å²) in [6, 6.07) is 18.1. The molecule has 0 bridgehead atoms. The molecule has 3 nitrogen and oxygen atoms in total. The van der Waals surface area contributed by atoms with E-state index < -0.39 is 11.4 Å². The first-order valence-corrected chi connectivity index (χ1v) is 7.51. The Morgan fingerprint density at radius 3 is 2.41 bits per heavy atom. The molecule has 2 rings (SSSR count). The zero-order chi connectivity index (χ0) is 16.0. The third kappa shape index (κ3) is 4.35. The fourth-order valence-corrected chi connectivity index (χ4v) is 2.21. The Labute approximate surface area is 131 Å². The van der Waals surface area contributed by atoms with Crippen molar-refractivity contribution >= 4 is 5.97 Å². The summed E-state index contributed by atoms with van der Waals surface area (Å²) in [4.78, 5) is 11.0. The molecule has 0 amide bonds. The Morgan fingerprint density at radius 1 is 1.05 bits per heavy atom. The first kappa shape index (κ1) is 16.1. The molecule has 3 heteroatoms. The fourth-order valence-electron chi connectivity index (χ4n) is 2.21. The number of carboxylic acids is 1. The second-order valence-electron chi connectivity index (χ2n) is 6.03. The van der Waals surface area contributed by atoms with Crippen LogP contribution in [0, 0.1) is 5.41 Å². The molecule has 1 N–H and O–H groups in total. The van der Waals surface area contributed by atoms with Gasteiger partial charge in [0.1, 0.15) is 5.75 Å². The number of hydrogen-bond donors (Lipinski definition) is 1. The van der Waals surface area contributed by atoms with Gasteiger partial charge in [0.15, 0.2) is 0 Å². The lowest BCUT2D eigenvalue weighted by molar-refractivity contribution is -0.147. The van der Waals surface area contributed by atoms with Crippen LogP contribution >= 0.6 is 0 Å². The van der Waals surface area contributed by atoms with Crippen molar-refractivity contribution in [1.29, 1.82) is 0 Å². The second-order valence-corrected chi connectivity index (χ2v) is 6.03. The Morgan fingerprint density at radius 2 is 1.73 bits per heavy atom. The van der Waals surface area contributed by atoms with E-state index in [9.17, 15) is 4.79 Å². The van der Waals surface area contributed by atoms with Crippen LogP contribution in [0.4, 0.5) is 0 Å². The second kappa shape index (κ2) is 7.12. The standard InChI is InChI=1S/C19H22O3/c1-19(2,18(20)21)12-7-13-22-17-11-6-10-16(14-17)15-8-4-3-5-9-15/h3-6,8-11,14H,7,12-13H2,1-2H3,(H,20,21). The maximum Gasteiger partial charge on any atom is 0.309 e. The summed E-state index contributed by atoms with van der Waals surface area (Å²) in [5.41, 5.74) is 1.57. The molecule has 0 aliphatic carbocycles. The van der Waals surface area contributed by atoms with E-state index in [1.807, 2.05) is 36.4 Å². The van der Waals surface area contributed by atoms with E-state index >= 15 is 0 Å². The number of carbonyl (C=O) groups is 1. The summed E-state index contributed by atoms with van der Waals surface area (Å²) < 4.78 is 5.75. The molecule has 0 atom stereocenters. The Bertz CT molecular complexity index is 618. The molecule has 0 radical (unpaired) electrons. The Kier molecular flexibility index (Phi) is 5.21. The largest absolute Gasteiger partial charge is 0.494 e. The average molecular weight is 298 g/mol. The molecule has 0 aliphatic heterocycles. The molecule has 0 spiro atoms. The van der Waals surface area contributed by atoms with E-state index in [0.29, 0.717) is 13.0 Å². The van der Waals surface area contributed by atoms with Crippen LogP contribution in [-0.2, 0) is 4.79 Å². The molecule has 0 heterocycles. The predicted molar refractivity (Wildman–Crippen MR) is 88.0 cm³/mol. The third-order valence-electron chi connectivity index (χ3n) is 3.73. The van der Waals surface area contributed by atoms with Crippen molar-refractivity contribution in [2.24, 2.45) is 5.41 Å². The van der Waals surface area contributed by atoms with Crippen LogP contribution < -0.4 is 4.74 Å². The minimum atomic E-state index is -0.765. The van der Waals surface area contributed by atoms with Crippen LogP contribution in [-0.4, -0.2) is 17.7 Å². The van der Waals surface area contributed by atoms with Crippen LogP contribution in [0.2, 0.25) is 0 Å². The van der Waals surface area contributed by atoms with Crippen LogP contribution in [0.5, 0.6) is 5.75 Å². The van der Waals surface area contributed by atoms with E-state index in [-0.39, 0.29) is 0 Å². The number of aliphatic carboxylic acids is 1. The normalized spacial score (nSPS) is 11.2. The molecule has 0 saturated carbocycles. The summed E-state index contributed by atoms with van der Waals surface area (Å²) in [5.74, 6) is 0.0491. The SMILES string of the molecule is CC(C)(CCCOc1cccc(-c2ccccc2)c1)C(=O)O. The molecule has 116 valence electrons. The molecule has 0 aromatic heterocycles. The molecule has 0 aliphatic rings. The molecular formula is C19H22O3. The highest BCUT2D eigenvalue weighted by molar-refractivity contribution is 5.73. The van der Waals surface area contributed by atoms with Crippen LogP contribution in [0.25, 0.3) is 11.1 Å². The van der Waals surface area contributed by atoms with Gasteiger partial charge >= 0.3 is 5.97 Å². The van der Waals surface area contributed by atoms with Crippen molar-refractivity contribution in [3.05, 3.63) is 54.6 Å². The maximum absolute atomic E-state index is 11.0. The van der Waals surface area contributed by atoms with Gasteiger partial charge < -0.3 is 9.84 Å². The molecule has 2 aromatic carbocycles. The minimum absolute atomic E-state index is 0.523. The lowest BCUT2D eigenvalue weighted by atomic mass is 9.88. The number of benzene rings is 2. The van der Waals surface area contributed by atoms with Gasteiger partial charge in [-0.2, -0.15) is 0 Å². The fraction of sp³-hybridized carbons (Fsp3) is 0.316. The van der Waals surface area contributed by atoms with Crippen molar-refractivity contribution in [1.82, 2.24) is 0 Å². The number of carboxylic acid groups (broad SMARTS) is 1. The van der Waals surface area contributed by atoms with Crippen LogP contribution in [0.3, 0.4) is 0 Å². The number of hydrogen-bond acceptors (Lipinski definition) is 2. The first-order chi connectivity index (χ1) is 10.5. The zero-order valence-electron chi connectivity index (χ0n) is 13.1. The Hall–Kier alpha value is -2.29. The van der Waals surface area contributed by atoms with Gasteiger partial charge in [-0.25, -0.2) is 0 Å². The monoisotopic (exact) mass is 298 g/mol. The maximum atomic E-state index is 11.0. The number of ether oxygens (including phenoxy) is 1. The van der Waals surface area contributed by atoms with Gasteiger partial charge in [0.2, 0.25) is 0 Å². The minimum Gasteiger partial charge on any atom is -0.494 e. The van der Waals surface area contributed by atoms with Gasteiger partial charge in [-0.15, -0.1) is 0 Å². The summed E-state index contributed by atoms with van der Waals surface area (Å²) in [6.45, 7) is 4.01. The third-order valence-corrected chi connectivity index (χ3v) is 3.73. The summed E-state index contributed by atoms with van der Waals surface area (Å²) in [7, 11) is 0. The molecule has 0 unspecified atom stereocenters. The molecule has 2 aromatic rings. The quantitative estimate of drug-likeness (QED) is 0.758. The lowest BCUT2D eigenvalue weighted by Gasteiger charge is -2.18. The van der Waals surface area contributed by atoms with E-state index in [4.69, 9.17) is 9.84 Å². The topological polar surface area (TPSA) is 46.5 Å². The van der Waals surface area contributed by atoms with Gasteiger partial charge in [0, 0.05) is 0 Å². The molecular weight excluding hydrogens is 276 g/mol. The van der Waals surface area contributed by atoms with E-state index in [1.165, 1.54) is 0 Å². The summed E-state index contributed by atoms with van der Waals surface area (Å²) in [6.07, 6.45) is 1.32. The average Bonchev–Trinajstić information content (AvgIpc) is 2.53. The van der Waals surface area contributed by atoms with E-state index in [2.05, 4.69) is 18.2 Å². The smallest absolute Gasteiger partial charge is 0.309 e. The van der Waals surface area contributed by atoms with E-state index in [0.717, 1.165) is 23.3 Å². The van der Waals surface area contributed by atoms with Gasteiger partial charge in [0.25, 0.3) is 0 Å². The van der Waals surface area contributed by atoms with Gasteiger partial charge in [-0.1, -0.05) is 42.5 Å². The summed E-state index contributed by atoms with van der Waals surface area (Å²) >= 11 is 0. The van der Waals surface area contributed by atoms with E-state index in [1.54, 1.807) is 13.8 Å². The highest BCUT2D eigenvalue weighted by Gasteiger charge is 2.26. The lowest BCUT2D eigenvalue weighted by Crippen LogP contribution is -2.24. The van der Waals surface area contributed by atoms with Gasteiger partial charge in [-0.05, 0) is 49.9 Å². The van der Waals surface area contributed by atoms with Gasteiger partial charge in [0.05, 0.1) is 12.0 Å². The molecule has 0 fully saturated rings. The van der Waals surface area contributed by atoms with Crippen LogP contribution in [0.15, 0.2) is 54.6 Å². The summed E-state index contributed by atoms with van der Waals surface area (Å²) in [5, 5.41) is 9.08. The van der Waals surface area contributed by atoms with Crippen molar-refractivity contribution in [2.45, 2.75) is 26.7 Å². The van der Waals surface area contributed by atoms with Crippen molar-refractivity contribution in [2.75, 3.05) is 6.61 Å². The van der Waals surface area contributed by atoms with Gasteiger partial charge in [-0.3, -0.25) is 4.79 Å². The highest BCUT2D eigenvalue weighted by atomic mass is 16.5. The highest BCUT2D eigenvalue weighted by Crippen LogP contribution is 2.25. The molecule has 22 heavy (non-hydrogen) atoms. The number of rotatable bonds is 7. The van der Waals surface area contributed by atoms with Crippen LogP contribution in [0.1, 0.15) is 26.7 Å². The first-order valence-electron chi connectivity index (χ1n) is 7.51. The molecule has 0 saturated heterocycles. The zero-order valence-corrected chi connectivity index (χ0v) is 13.1. The van der Waals surface area contributed by atoms with Crippen molar-refractivity contribution < 1.29 is 14.6 Å². The Balaban J connectivity index is 1.91. The predicted octanol–water partition coefficient (Wildman–Crippen LogP) is 4.62. The van der Waals surface area contributed by atoms with Crippen molar-refractivity contribution in [3.8, 4) is 16.9 Å². The van der Waals surface area contributed by atoms with Crippen molar-refractivity contribution in [3.63, 3.8) is 0 Å².